The van der Waals surface area contributed by atoms with Gasteiger partial charge >= 0.3 is 6.09 Å². The van der Waals surface area contributed by atoms with Crippen LogP contribution < -0.4 is 5.32 Å². The first-order valence-electron chi connectivity index (χ1n) is 11.1. The molecule has 5 rings (SSSR count). The average molecular weight is 434 g/mol. The Morgan fingerprint density at radius 1 is 1.12 bits per heavy atom. The van der Waals surface area contributed by atoms with Crippen LogP contribution in [-0.2, 0) is 4.74 Å². The Morgan fingerprint density at radius 3 is 2.62 bits per heavy atom. The van der Waals surface area contributed by atoms with Crippen LogP contribution in [-0.4, -0.2) is 49.2 Å². The quantitative estimate of drug-likeness (QED) is 0.677. The van der Waals surface area contributed by atoms with E-state index in [0.29, 0.717) is 11.2 Å². The molecule has 2 amide bonds. The number of nitrogens with one attached hydrogen (secondary N) is 1. The molecule has 1 unspecified atom stereocenters. The van der Waals surface area contributed by atoms with E-state index in [1.165, 1.54) is 0 Å². The number of carbonyl (C=O) groups excluding carboxylic acids is 2. The van der Waals surface area contributed by atoms with Gasteiger partial charge in [-0.3, -0.25) is 9.69 Å². The van der Waals surface area contributed by atoms with Crippen molar-refractivity contribution in [3.05, 3.63) is 66.1 Å². The summed E-state index contributed by atoms with van der Waals surface area (Å²) in [7, 11) is 0. The third-order valence-electron chi connectivity index (χ3n) is 6.56. The summed E-state index contributed by atoms with van der Waals surface area (Å²) in [6, 6.07) is 11.9. The first kappa shape index (κ1) is 20.5. The molecule has 1 atom stereocenters. The predicted octanol–water partition coefficient (Wildman–Crippen LogP) is 3.74. The summed E-state index contributed by atoms with van der Waals surface area (Å²) in [4.78, 5) is 31.8. The maximum absolute atomic E-state index is 12.8. The zero-order chi connectivity index (χ0) is 22.3. The van der Waals surface area contributed by atoms with Gasteiger partial charge in [-0.1, -0.05) is 30.3 Å². The van der Waals surface area contributed by atoms with Gasteiger partial charge in [0, 0.05) is 24.5 Å². The molecule has 1 aliphatic heterocycles. The summed E-state index contributed by atoms with van der Waals surface area (Å²) in [5.41, 5.74) is 1.51. The summed E-state index contributed by atoms with van der Waals surface area (Å²) in [5, 5.41) is 7.32. The fraction of sp³-hybridized carbons (Fsp3) is 0.417. The predicted molar refractivity (Wildman–Crippen MR) is 118 cm³/mol. The van der Waals surface area contributed by atoms with Gasteiger partial charge in [0.2, 0.25) is 0 Å². The number of aromatic nitrogens is 3. The van der Waals surface area contributed by atoms with E-state index in [1.54, 1.807) is 29.2 Å². The van der Waals surface area contributed by atoms with Crippen LogP contribution in [0, 0.1) is 0 Å². The third kappa shape index (κ3) is 3.59. The van der Waals surface area contributed by atoms with Crippen LogP contribution >= 0.6 is 0 Å². The van der Waals surface area contributed by atoms with Crippen molar-refractivity contribution in [1.29, 1.82) is 0 Å². The molecule has 2 fully saturated rings. The largest absolute Gasteiger partial charge is 0.441 e. The number of hydrogen-bond acceptors (Lipinski definition) is 5. The van der Waals surface area contributed by atoms with Crippen LogP contribution in [0.5, 0.6) is 0 Å². The Kier molecular flexibility index (Phi) is 5.07. The second-order valence-electron chi connectivity index (χ2n) is 9.12. The lowest BCUT2D eigenvalue weighted by Gasteiger charge is -2.38. The fourth-order valence-corrected chi connectivity index (χ4v) is 5.08. The molecule has 32 heavy (non-hydrogen) atoms. The van der Waals surface area contributed by atoms with Crippen molar-refractivity contribution in [2.45, 2.75) is 63.3 Å². The van der Waals surface area contributed by atoms with E-state index in [9.17, 15) is 9.59 Å². The number of cyclic esters (lactones) is 1. The Bertz CT molecular complexity index is 1130. The Hall–Kier alpha value is -3.42. The Labute approximate surface area is 186 Å². The fourth-order valence-electron chi connectivity index (χ4n) is 5.08. The molecule has 3 heterocycles. The summed E-state index contributed by atoms with van der Waals surface area (Å²) in [6.45, 7) is 3.94. The molecule has 166 valence electrons. The van der Waals surface area contributed by atoms with Gasteiger partial charge in [0.05, 0.1) is 12.2 Å². The Balaban J connectivity index is 1.27. The van der Waals surface area contributed by atoms with E-state index in [2.05, 4.69) is 27.5 Å². The lowest BCUT2D eigenvalue weighted by molar-refractivity contribution is 0.0663. The van der Waals surface area contributed by atoms with E-state index in [1.807, 2.05) is 36.9 Å². The maximum Gasteiger partial charge on any atom is 0.411 e. The van der Waals surface area contributed by atoms with Gasteiger partial charge in [0.1, 0.15) is 11.2 Å². The monoisotopic (exact) mass is 433 g/mol. The molecular weight excluding hydrogens is 406 g/mol. The van der Waals surface area contributed by atoms with Crippen LogP contribution in [0.4, 0.5) is 4.79 Å². The number of hydrogen-bond donors (Lipinski definition) is 1. The van der Waals surface area contributed by atoms with E-state index in [0.717, 1.165) is 31.2 Å². The SMILES string of the molecule is CC1(C)OC(=O)N(C2CCC(NC(=O)c3cnn4cccnc34)CC2)C1c1ccccc1. The third-order valence-corrected chi connectivity index (χ3v) is 6.56. The molecular formula is C24H27N5O3. The zero-order valence-electron chi connectivity index (χ0n) is 18.3. The highest BCUT2D eigenvalue weighted by Gasteiger charge is 2.51. The van der Waals surface area contributed by atoms with Gasteiger partial charge in [-0.15, -0.1) is 0 Å². The van der Waals surface area contributed by atoms with Gasteiger partial charge in [0.25, 0.3) is 5.91 Å². The molecule has 8 heteroatoms. The van der Waals surface area contributed by atoms with Crippen molar-refractivity contribution in [3.63, 3.8) is 0 Å². The average Bonchev–Trinajstić information content (AvgIpc) is 3.32. The van der Waals surface area contributed by atoms with Crippen molar-refractivity contribution in [2.75, 3.05) is 0 Å². The number of fused-ring (bicyclic) bond motifs is 1. The molecule has 0 spiro atoms. The van der Waals surface area contributed by atoms with Crippen LogP contribution in [0.15, 0.2) is 55.0 Å². The van der Waals surface area contributed by atoms with Gasteiger partial charge in [0.15, 0.2) is 5.65 Å². The molecule has 3 aromatic rings. The minimum Gasteiger partial charge on any atom is -0.441 e. The topological polar surface area (TPSA) is 88.8 Å². The molecule has 1 saturated heterocycles. The second-order valence-corrected chi connectivity index (χ2v) is 9.12. The molecule has 1 aromatic carbocycles. The first-order valence-corrected chi connectivity index (χ1v) is 11.1. The smallest absolute Gasteiger partial charge is 0.411 e. The van der Waals surface area contributed by atoms with Crippen LogP contribution in [0.1, 0.15) is 61.5 Å². The van der Waals surface area contributed by atoms with Crippen molar-refractivity contribution in [1.82, 2.24) is 24.8 Å². The van der Waals surface area contributed by atoms with E-state index < -0.39 is 5.60 Å². The van der Waals surface area contributed by atoms with Crippen molar-refractivity contribution < 1.29 is 14.3 Å². The number of ether oxygens (including phenoxy) is 1. The standard InChI is InChI=1S/C24H27N5O3/c1-24(2)20(16-7-4-3-5-8-16)29(23(31)32-24)18-11-9-17(10-12-18)27-22(30)19-15-26-28-14-6-13-25-21(19)28/h3-8,13-15,17-18,20H,9-12H2,1-2H3,(H,27,30). The maximum atomic E-state index is 12.8. The van der Waals surface area contributed by atoms with Gasteiger partial charge < -0.3 is 10.1 Å². The first-order chi connectivity index (χ1) is 15.4. The van der Waals surface area contributed by atoms with E-state index in [4.69, 9.17) is 4.74 Å². The minimum absolute atomic E-state index is 0.0548. The summed E-state index contributed by atoms with van der Waals surface area (Å²) < 4.78 is 7.36. The molecule has 2 aromatic heterocycles. The number of carbonyl (C=O) groups is 2. The number of benzene rings is 1. The molecule has 1 aliphatic carbocycles. The molecule has 1 saturated carbocycles. The Morgan fingerprint density at radius 2 is 1.88 bits per heavy atom. The number of rotatable bonds is 4. The number of nitrogens with zero attached hydrogens (tertiary/aromatic N) is 4. The van der Waals surface area contributed by atoms with Crippen molar-refractivity contribution >= 4 is 17.6 Å². The summed E-state index contributed by atoms with van der Waals surface area (Å²) in [5.74, 6) is -0.161. The normalized spacial score (nSPS) is 25.0. The minimum atomic E-state index is -0.597. The van der Waals surface area contributed by atoms with Crippen molar-refractivity contribution in [2.24, 2.45) is 0 Å². The van der Waals surface area contributed by atoms with Crippen molar-refractivity contribution in [3.8, 4) is 0 Å². The zero-order valence-corrected chi connectivity index (χ0v) is 18.3. The molecule has 2 aliphatic rings. The van der Waals surface area contributed by atoms with Gasteiger partial charge in [-0.2, -0.15) is 5.10 Å². The van der Waals surface area contributed by atoms with Crippen LogP contribution in [0.25, 0.3) is 5.65 Å². The molecule has 8 nitrogen and oxygen atoms in total. The molecule has 1 N–H and O–H groups in total. The highest BCUT2D eigenvalue weighted by molar-refractivity contribution is 5.99. The molecule has 0 radical (unpaired) electrons. The van der Waals surface area contributed by atoms with Gasteiger partial charge in [-0.05, 0) is 51.2 Å². The highest BCUT2D eigenvalue weighted by atomic mass is 16.6. The van der Waals surface area contributed by atoms with Crippen LogP contribution in [0.3, 0.4) is 0 Å². The second kappa shape index (κ2) is 7.93. The van der Waals surface area contributed by atoms with E-state index in [-0.39, 0.29) is 30.1 Å². The van der Waals surface area contributed by atoms with E-state index >= 15 is 0 Å². The van der Waals surface area contributed by atoms with Gasteiger partial charge in [-0.25, -0.2) is 14.3 Å². The lowest BCUT2D eigenvalue weighted by Crippen LogP contribution is -2.46. The number of amides is 2. The van der Waals surface area contributed by atoms with Crippen LogP contribution in [0.2, 0.25) is 0 Å². The highest BCUT2D eigenvalue weighted by Crippen LogP contribution is 2.44. The lowest BCUT2D eigenvalue weighted by atomic mass is 9.86. The molecule has 0 bridgehead atoms. The summed E-state index contributed by atoms with van der Waals surface area (Å²) in [6.07, 6.45) is 7.94. The summed E-state index contributed by atoms with van der Waals surface area (Å²) >= 11 is 0.